The lowest BCUT2D eigenvalue weighted by Crippen LogP contribution is -2.12. The number of carbonyl (C=O) groups is 2. The third-order valence-electron chi connectivity index (χ3n) is 2.73. The molecule has 0 bridgehead atoms. The average molecular weight is 266 g/mol. The van der Waals surface area contributed by atoms with Crippen molar-refractivity contribution in [1.29, 1.82) is 0 Å². The van der Waals surface area contributed by atoms with E-state index >= 15 is 0 Å². The first kappa shape index (κ1) is 14.9. The van der Waals surface area contributed by atoms with Crippen molar-refractivity contribution in [3.05, 3.63) is 47.0 Å². The molecule has 1 rings (SSSR count). The summed E-state index contributed by atoms with van der Waals surface area (Å²) in [4.78, 5) is 22.4. The summed E-state index contributed by atoms with van der Waals surface area (Å²) in [6.07, 6.45) is 0.599. The van der Waals surface area contributed by atoms with Crippen molar-refractivity contribution in [2.75, 3.05) is 0 Å². The average Bonchev–Trinajstić information content (AvgIpc) is 2.38. The molecule has 0 saturated heterocycles. The number of ketones is 1. The monoisotopic (exact) mass is 266 g/mol. The quantitative estimate of drug-likeness (QED) is 0.613. The van der Waals surface area contributed by atoms with E-state index in [9.17, 15) is 19.1 Å². The molecular formula is C14H15FO4. The van der Waals surface area contributed by atoms with Crippen molar-refractivity contribution in [3.63, 3.8) is 0 Å². The van der Waals surface area contributed by atoms with Crippen LogP contribution >= 0.6 is 0 Å². The van der Waals surface area contributed by atoms with Crippen LogP contribution in [0.3, 0.4) is 0 Å². The fraction of sp³-hybridized carbons (Fsp3) is 0.286. The maximum atomic E-state index is 12.7. The van der Waals surface area contributed by atoms with E-state index in [4.69, 9.17) is 5.11 Å². The lowest BCUT2D eigenvalue weighted by molar-refractivity contribution is -0.136. The maximum Gasteiger partial charge on any atom is 0.371 e. The van der Waals surface area contributed by atoms with Gasteiger partial charge in [0.15, 0.2) is 5.78 Å². The number of benzene rings is 1. The number of aliphatic carboxylic acids is 1. The number of halogens is 1. The van der Waals surface area contributed by atoms with Crippen LogP contribution < -0.4 is 0 Å². The van der Waals surface area contributed by atoms with Crippen LogP contribution in [0, 0.1) is 5.82 Å². The molecule has 5 heteroatoms. The van der Waals surface area contributed by atoms with Crippen LogP contribution in [0.4, 0.5) is 4.39 Å². The predicted octanol–water partition coefficient (Wildman–Crippen LogP) is 2.63. The molecule has 0 spiro atoms. The highest BCUT2D eigenvalue weighted by atomic mass is 19.1. The van der Waals surface area contributed by atoms with Gasteiger partial charge in [0.2, 0.25) is 5.76 Å². The SMILES string of the molecule is CC/C(C(=O)CCc1ccc(F)cc1)=C(/O)C(=O)O. The first-order valence-corrected chi connectivity index (χ1v) is 5.88. The molecule has 102 valence electrons. The Balaban J connectivity index is 2.71. The number of carbonyl (C=O) groups excluding carboxylic acids is 1. The van der Waals surface area contributed by atoms with Gasteiger partial charge in [-0.1, -0.05) is 19.1 Å². The Labute approximate surface area is 110 Å². The van der Waals surface area contributed by atoms with E-state index in [1.165, 1.54) is 12.1 Å². The van der Waals surface area contributed by atoms with Gasteiger partial charge < -0.3 is 10.2 Å². The van der Waals surface area contributed by atoms with Gasteiger partial charge in [-0.15, -0.1) is 0 Å². The van der Waals surface area contributed by atoms with Crippen molar-refractivity contribution in [3.8, 4) is 0 Å². The van der Waals surface area contributed by atoms with E-state index in [1.807, 2.05) is 0 Å². The van der Waals surface area contributed by atoms with Crippen LogP contribution in [0.25, 0.3) is 0 Å². The number of allylic oxidation sites excluding steroid dienone is 1. The molecular weight excluding hydrogens is 251 g/mol. The van der Waals surface area contributed by atoms with Crippen molar-refractivity contribution < 1.29 is 24.2 Å². The van der Waals surface area contributed by atoms with E-state index < -0.39 is 17.5 Å². The minimum atomic E-state index is -1.51. The Bertz CT molecular complexity index is 503. The van der Waals surface area contributed by atoms with Crippen molar-refractivity contribution in [1.82, 2.24) is 0 Å². The zero-order valence-electron chi connectivity index (χ0n) is 10.5. The van der Waals surface area contributed by atoms with Gasteiger partial charge in [-0.3, -0.25) is 4.79 Å². The van der Waals surface area contributed by atoms with Crippen LogP contribution in [-0.2, 0) is 16.0 Å². The Morgan fingerprint density at radius 1 is 1.16 bits per heavy atom. The fourth-order valence-corrected chi connectivity index (χ4v) is 1.69. The smallest absolute Gasteiger partial charge is 0.371 e. The largest absolute Gasteiger partial charge is 0.502 e. The molecule has 0 saturated carbocycles. The molecule has 0 aliphatic carbocycles. The molecule has 0 aliphatic rings. The number of aryl methyl sites for hydroxylation is 1. The van der Waals surface area contributed by atoms with Crippen molar-refractivity contribution >= 4 is 11.8 Å². The molecule has 0 radical (unpaired) electrons. The van der Waals surface area contributed by atoms with E-state index in [2.05, 4.69) is 0 Å². The second-order valence-corrected chi connectivity index (χ2v) is 4.04. The summed E-state index contributed by atoms with van der Waals surface area (Å²) in [6, 6.07) is 5.72. The van der Waals surface area contributed by atoms with Gasteiger partial charge >= 0.3 is 5.97 Å². The Morgan fingerprint density at radius 2 is 1.74 bits per heavy atom. The maximum absolute atomic E-state index is 12.7. The first-order valence-electron chi connectivity index (χ1n) is 5.88. The third-order valence-corrected chi connectivity index (χ3v) is 2.73. The summed E-state index contributed by atoms with van der Waals surface area (Å²) in [5.74, 6) is -3.17. The van der Waals surface area contributed by atoms with Gasteiger partial charge in [-0.2, -0.15) is 0 Å². The van der Waals surface area contributed by atoms with Crippen LogP contribution in [-0.4, -0.2) is 22.0 Å². The van der Waals surface area contributed by atoms with Crippen LogP contribution in [0.5, 0.6) is 0 Å². The highest BCUT2D eigenvalue weighted by Gasteiger charge is 2.18. The molecule has 1 aromatic rings. The van der Waals surface area contributed by atoms with Gasteiger partial charge in [0.1, 0.15) is 5.82 Å². The summed E-state index contributed by atoms with van der Waals surface area (Å²) < 4.78 is 12.7. The molecule has 0 heterocycles. The Morgan fingerprint density at radius 3 is 2.21 bits per heavy atom. The van der Waals surface area contributed by atoms with E-state index in [0.29, 0.717) is 6.42 Å². The van der Waals surface area contributed by atoms with Gasteiger partial charge in [-0.25, -0.2) is 9.18 Å². The molecule has 0 fully saturated rings. The zero-order valence-corrected chi connectivity index (χ0v) is 10.5. The number of rotatable bonds is 6. The molecule has 0 amide bonds. The zero-order chi connectivity index (χ0) is 14.4. The molecule has 19 heavy (non-hydrogen) atoms. The molecule has 0 atom stereocenters. The van der Waals surface area contributed by atoms with Crippen molar-refractivity contribution in [2.45, 2.75) is 26.2 Å². The summed E-state index contributed by atoms with van der Waals surface area (Å²) >= 11 is 0. The summed E-state index contributed by atoms with van der Waals surface area (Å²) in [5, 5.41) is 17.9. The van der Waals surface area contributed by atoms with Crippen molar-refractivity contribution in [2.24, 2.45) is 0 Å². The minimum Gasteiger partial charge on any atom is -0.502 e. The van der Waals surface area contributed by atoms with Gasteiger partial charge in [0.05, 0.1) is 0 Å². The molecule has 2 N–H and O–H groups in total. The van der Waals surface area contributed by atoms with Gasteiger partial charge in [0.25, 0.3) is 0 Å². The lowest BCUT2D eigenvalue weighted by atomic mass is 10.00. The normalized spacial score (nSPS) is 11.9. The summed E-state index contributed by atoms with van der Waals surface area (Å²) in [7, 11) is 0. The minimum absolute atomic E-state index is 0.0755. The predicted molar refractivity (Wildman–Crippen MR) is 67.3 cm³/mol. The third kappa shape index (κ3) is 4.21. The van der Waals surface area contributed by atoms with E-state index in [0.717, 1.165) is 5.56 Å². The number of carboxylic acid groups (broad SMARTS) is 1. The fourth-order valence-electron chi connectivity index (χ4n) is 1.69. The van der Waals surface area contributed by atoms with Gasteiger partial charge in [-0.05, 0) is 30.5 Å². The highest BCUT2D eigenvalue weighted by Crippen LogP contribution is 2.13. The highest BCUT2D eigenvalue weighted by molar-refractivity contribution is 6.02. The number of Topliss-reactive ketones (excluding diaryl/α,β-unsaturated/α-hetero) is 1. The summed E-state index contributed by atoms with van der Waals surface area (Å²) in [6.45, 7) is 1.60. The molecule has 1 aromatic carbocycles. The molecule has 0 aliphatic heterocycles. The topological polar surface area (TPSA) is 74.6 Å². The molecule has 4 nitrogen and oxygen atoms in total. The van der Waals surface area contributed by atoms with E-state index in [-0.39, 0.29) is 24.2 Å². The van der Waals surface area contributed by atoms with E-state index in [1.54, 1.807) is 19.1 Å². The van der Waals surface area contributed by atoms with Crippen LogP contribution in [0.2, 0.25) is 0 Å². The first-order chi connectivity index (χ1) is 8.95. The number of aliphatic hydroxyl groups is 1. The second kappa shape index (κ2) is 6.68. The number of hydrogen-bond acceptors (Lipinski definition) is 3. The number of aliphatic hydroxyl groups excluding tert-OH is 1. The van der Waals surface area contributed by atoms with Crippen LogP contribution in [0.1, 0.15) is 25.3 Å². The molecule has 0 unspecified atom stereocenters. The Hall–Kier alpha value is -2.17. The number of hydrogen-bond donors (Lipinski definition) is 2. The second-order valence-electron chi connectivity index (χ2n) is 4.04. The standard InChI is InChI=1S/C14H15FO4/c1-2-11(13(17)14(18)19)12(16)8-5-9-3-6-10(15)7-4-9/h3-4,6-7,17H,2,5,8H2,1H3,(H,18,19)/b13-11-. The lowest BCUT2D eigenvalue weighted by Gasteiger charge is -2.05. The van der Waals surface area contributed by atoms with Gasteiger partial charge in [0, 0.05) is 12.0 Å². The Kier molecular flexibility index (Phi) is 5.23. The molecule has 0 aromatic heterocycles. The summed E-state index contributed by atoms with van der Waals surface area (Å²) in [5.41, 5.74) is 0.689. The number of carboxylic acids is 1. The van der Waals surface area contributed by atoms with Crippen LogP contribution in [0.15, 0.2) is 35.6 Å².